The van der Waals surface area contributed by atoms with Crippen molar-refractivity contribution in [3.8, 4) is 11.8 Å². The third kappa shape index (κ3) is 3.22. The van der Waals surface area contributed by atoms with E-state index in [9.17, 15) is 9.90 Å². The quantitative estimate of drug-likeness (QED) is 0.835. The number of nitrogens with one attached hydrogen (secondary N) is 1. The second-order valence-corrected chi connectivity index (χ2v) is 3.91. The van der Waals surface area contributed by atoms with E-state index in [-0.39, 0.29) is 29.7 Å². The van der Waals surface area contributed by atoms with E-state index < -0.39 is 0 Å². The Morgan fingerprint density at radius 3 is 2.88 bits per heavy atom. The van der Waals surface area contributed by atoms with Crippen LogP contribution in [-0.2, 0) is 0 Å². The van der Waals surface area contributed by atoms with Crippen LogP contribution in [0, 0.1) is 18.3 Å². The molecule has 0 bridgehead atoms. The van der Waals surface area contributed by atoms with Gasteiger partial charge in [-0.3, -0.25) is 4.79 Å². The van der Waals surface area contributed by atoms with E-state index in [1.54, 1.807) is 25.1 Å². The number of phenols is 1. The Morgan fingerprint density at radius 1 is 1.59 bits per heavy atom. The van der Waals surface area contributed by atoms with Gasteiger partial charge in [-0.2, -0.15) is 5.26 Å². The maximum absolute atomic E-state index is 11.9. The van der Waals surface area contributed by atoms with E-state index in [4.69, 9.17) is 5.26 Å². The Balaban J connectivity index is 2.83. The number of hydrogen-bond donors (Lipinski definition) is 2. The van der Waals surface area contributed by atoms with E-state index in [1.807, 2.05) is 13.0 Å². The van der Waals surface area contributed by atoms with Crippen molar-refractivity contribution in [3.05, 3.63) is 29.3 Å². The van der Waals surface area contributed by atoms with Gasteiger partial charge in [-0.1, -0.05) is 19.1 Å². The van der Waals surface area contributed by atoms with Gasteiger partial charge in [-0.25, -0.2) is 0 Å². The fraction of sp³-hybridized carbons (Fsp3) is 0.385. The molecule has 90 valence electrons. The highest BCUT2D eigenvalue weighted by Gasteiger charge is 2.15. The zero-order valence-corrected chi connectivity index (χ0v) is 10.0. The van der Waals surface area contributed by atoms with Crippen molar-refractivity contribution in [1.82, 2.24) is 5.32 Å². The number of carbonyl (C=O) groups excluding carboxylic acids is 1. The van der Waals surface area contributed by atoms with Gasteiger partial charge >= 0.3 is 0 Å². The smallest absolute Gasteiger partial charge is 0.255 e. The largest absolute Gasteiger partial charge is 0.507 e. The SMILES string of the molecule is CCC(CC#N)NC(=O)c1cccc(C)c1O. The average Bonchev–Trinajstić information content (AvgIpc) is 2.31. The first-order chi connectivity index (χ1) is 8.10. The lowest BCUT2D eigenvalue weighted by Gasteiger charge is -2.14. The van der Waals surface area contributed by atoms with E-state index >= 15 is 0 Å². The highest BCUT2D eigenvalue weighted by Crippen LogP contribution is 2.21. The minimum absolute atomic E-state index is 0.00295. The van der Waals surface area contributed by atoms with E-state index in [0.717, 1.165) is 0 Å². The molecule has 1 unspecified atom stereocenters. The second-order valence-electron chi connectivity index (χ2n) is 3.91. The molecule has 1 aromatic rings. The predicted molar refractivity (Wildman–Crippen MR) is 64.6 cm³/mol. The standard InChI is InChI=1S/C13H16N2O2/c1-3-10(7-8-14)15-13(17)11-6-4-5-9(2)12(11)16/h4-6,10,16H,3,7H2,1-2H3,(H,15,17). The van der Waals surface area contributed by atoms with Crippen LogP contribution >= 0.6 is 0 Å². The van der Waals surface area contributed by atoms with Gasteiger partial charge in [0.15, 0.2) is 0 Å². The molecule has 0 spiro atoms. The highest BCUT2D eigenvalue weighted by atomic mass is 16.3. The van der Waals surface area contributed by atoms with Crippen molar-refractivity contribution in [1.29, 1.82) is 5.26 Å². The van der Waals surface area contributed by atoms with Crippen LogP contribution < -0.4 is 5.32 Å². The third-order valence-electron chi connectivity index (χ3n) is 2.65. The lowest BCUT2D eigenvalue weighted by Crippen LogP contribution is -2.34. The topological polar surface area (TPSA) is 73.1 Å². The van der Waals surface area contributed by atoms with Crippen molar-refractivity contribution < 1.29 is 9.90 Å². The molecule has 1 aromatic carbocycles. The molecule has 1 rings (SSSR count). The zero-order valence-electron chi connectivity index (χ0n) is 10.0. The maximum Gasteiger partial charge on any atom is 0.255 e. The summed E-state index contributed by atoms with van der Waals surface area (Å²) >= 11 is 0. The minimum Gasteiger partial charge on any atom is -0.507 e. The molecule has 0 saturated carbocycles. The summed E-state index contributed by atoms with van der Waals surface area (Å²) in [5.41, 5.74) is 0.910. The molecule has 1 amide bonds. The molecule has 4 nitrogen and oxygen atoms in total. The summed E-state index contributed by atoms with van der Waals surface area (Å²) in [5.74, 6) is -0.342. The molecule has 0 heterocycles. The summed E-state index contributed by atoms with van der Waals surface area (Å²) < 4.78 is 0. The van der Waals surface area contributed by atoms with Gasteiger partial charge in [-0.15, -0.1) is 0 Å². The number of rotatable bonds is 4. The number of amides is 1. The highest BCUT2D eigenvalue weighted by molar-refractivity contribution is 5.97. The van der Waals surface area contributed by atoms with Gasteiger partial charge in [0, 0.05) is 6.04 Å². The number of nitriles is 1. The number of aromatic hydroxyl groups is 1. The summed E-state index contributed by atoms with van der Waals surface area (Å²) in [6.07, 6.45) is 0.959. The monoisotopic (exact) mass is 232 g/mol. The number of para-hydroxylation sites is 1. The Labute approximate surface area is 101 Å². The van der Waals surface area contributed by atoms with Crippen LogP contribution in [0.3, 0.4) is 0 Å². The number of hydrogen-bond acceptors (Lipinski definition) is 3. The second kappa shape index (κ2) is 5.90. The summed E-state index contributed by atoms with van der Waals surface area (Å²) in [7, 11) is 0. The van der Waals surface area contributed by atoms with Gasteiger partial charge < -0.3 is 10.4 Å². The Bertz CT molecular complexity index is 449. The molecule has 17 heavy (non-hydrogen) atoms. The van der Waals surface area contributed by atoms with Crippen LogP contribution in [0.2, 0.25) is 0 Å². The Morgan fingerprint density at radius 2 is 2.29 bits per heavy atom. The number of phenolic OH excluding ortho intramolecular Hbond substituents is 1. The molecule has 1 atom stereocenters. The first-order valence-corrected chi connectivity index (χ1v) is 5.56. The Hall–Kier alpha value is -2.02. The van der Waals surface area contributed by atoms with Gasteiger partial charge in [-0.05, 0) is 25.0 Å². The lowest BCUT2D eigenvalue weighted by molar-refractivity contribution is 0.0934. The lowest BCUT2D eigenvalue weighted by atomic mass is 10.1. The normalized spacial score (nSPS) is 11.6. The van der Waals surface area contributed by atoms with Crippen LogP contribution in [0.25, 0.3) is 0 Å². The molecule has 0 aliphatic heterocycles. The van der Waals surface area contributed by atoms with Crippen LogP contribution in [0.4, 0.5) is 0 Å². The summed E-state index contributed by atoms with van der Waals surface area (Å²) in [4.78, 5) is 11.9. The molecule has 0 aliphatic carbocycles. The minimum atomic E-state index is -0.340. The fourth-order valence-electron chi connectivity index (χ4n) is 1.51. The van der Waals surface area contributed by atoms with Crippen molar-refractivity contribution >= 4 is 5.91 Å². The predicted octanol–water partition coefficient (Wildman–Crippen LogP) is 2.12. The number of benzene rings is 1. The van der Waals surface area contributed by atoms with Crippen LogP contribution in [0.15, 0.2) is 18.2 Å². The number of nitrogens with zero attached hydrogens (tertiary/aromatic N) is 1. The van der Waals surface area contributed by atoms with Crippen LogP contribution in [-0.4, -0.2) is 17.1 Å². The van der Waals surface area contributed by atoms with Gasteiger partial charge in [0.2, 0.25) is 0 Å². The molecule has 2 N–H and O–H groups in total. The first kappa shape index (κ1) is 13.0. The maximum atomic E-state index is 11.9. The Kier molecular flexibility index (Phi) is 4.53. The molecular weight excluding hydrogens is 216 g/mol. The van der Waals surface area contributed by atoms with Crippen LogP contribution in [0.1, 0.15) is 35.7 Å². The van der Waals surface area contributed by atoms with Gasteiger partial charge in [0.25, 0.3) is 5.91 Å². The third-order valence-corrected chi connectivity index (χ3v) is 2.65. The summed E-state index contributed by atoms with van der Waals surface area (Å²) in [6, 6.07) is 6.87. The van der Waals surface area contributed by atoms with Gasteiger partial charge in [0.05, 0.1) is 18.1 Å². The number of carbonyl (C=O) groups is 1. The van der Waals surface area contributed by atoms with E-state index in [0.29, 0.717) is 12.0 Å². The summed E-state index contributed by atoms with van der Waals surface area (Å²) in [6.45, 7) is 3.64. The van der Waals surface area contributed by atoms with Crippen LogP contribution in [0.5, 0.6) is 5.75 Å². The molecule has 0 aromatic heterocycles. The van der Waals surface area contributed by atoms with Gasteiger partial charge in [0.1, 0.15) is 5.75 Å². The average molecular weight is 232 g/mol. The molecule has 0 aliphatic rings. The zero-order chi connectivity index (χ0) is 12.8. The molecule has 4 heteroatoms. The molecule has 0 radical (unpaired) electrons. The van der Waals surface area contributed by atoms with E-state index in [2.05, 4.69) is 5.32 Å². The fourth-order valence-corrected chi connectivity index (χ4v) is 1.51. The van der Waals surface area contributed by atoms with Crippen molar-refractivity contribution in [2.45, 2.75) is 32.7 Å². The molecule has 0 saturated heterocycles. The summed E-state index contributed by atoms with van der Waals surface area (Å²) in [5, 5.41) is 21.1. The number of aryl methyl sites for hydroxylation is 1. The molecular formula is C13H16N2O2. The van der Waals surface area contributed by atoms with Crippen molar-refractivity contribution in [2.75, 3.05) is 0 Å². The van der Waals surface area contributed by atoms with Crippen molar-refractivity contribution in [3.63, 3.8) is 0 Å². The van der Waals surface area contributed by atoms with E-state index in [1.165, 1.54) is 0 Å². The molecule has 0 fully saturated rings. The first-order valence-electron chi connectivity index (χ1n) is 5.56. The van der Waals surface area contributed by atoms with Crippen molar-refractivity contribution in [2.24, 2.45) is 0 Å².